The monoisotopic (exact) mass is 312 g/mol. The van der Waals surface area contributed by atoms with E-state index in [1.807, 2.05) is 31.2 Å². The lowest BCUT2D eigenvalue weighted by Crippen LogP contribution is -2.18. The molecule has 2 amide bonds. The normalized spacial score (nSPS) is 10.1. The first-order valence-corrected chi connectivity index (χ1v) is 7.46. The van der Waals surface area contributed by atoms with E-state index in [-0.39, 0.29) is 18.7 Å². The molecule has 120 valence electrons. The van der Waals surface area contributed by atoms with Crippen molar-refractivity contribution in [3.8, 4) is 5.75 Å². The predicted molar refractivity (Wildman–Crippen MR) is 89.3 cm³/mol. The lowest BCUT2D eigenvalue weighted by Gasteiger charge is -2.10. The molecule has 0 aliphatic heterocycles. The van der Waals surface area contributed by atoms with Gasteiger partial charge in [-0.3, -0.25) is 9.59 Å². The van der Waals surface area contributed by atoms with Gasteiger partial charge in [-0.1, -0.05) is 30.3 Å². The molecule has 0 aliphatic rings. The molecular weight excluding hydrogens is 292 g/mol. The van der Waals surface area contributed by atoms with E-state index in [1.54, 1.807) is 24.3 Å². The summed E-state index contributed by atoms with van der Waals surface area (Å²) in [5.41, 5.74) is 7.43. The maximum atomic E-state index is 12.2. The van der Waals surface area contributed by atoms with Crippen molar-refractivity contribution in [1.82, 2.24) is 0 Å². The van der Waals surface area contributed by atoms with Crippen LogP contribution in [0, 0.1) is 0 Å². The highest BCUT2D eigenvalue weighted by atomic mass is 16.5. The first-order valence-electron chi connectivity index (χ1n) is 7.46. The van der Waals surface area contributed by atoms with Gasteiger partial charge in [0.05, 0.1) is 19.4 Å². The molecule has 23 heavy (non-hydrogen) atoms. The summed E-state index contributed by atoms with van der Waals surface area (Å²) in [5, 5.41) is 2.83. The largest absolute Gasteiger partial charge is 0.494 e. The Morgan fingerprint density at radius 1 is 1.04 bits per heavy atom. The number of anilines is 1. The second-order valence-corrected chi connectivity index (χ2v) is 5.10. The van der Waals surface area contributed by atoms with E-state index < -0.39 is 5.91 Å². The summed E-state index contributed by atoms with van der Waals surface area (Å²) in [6.45, 7) is 2.53. The van der Waals surface area contributed by atoms with Crippen molar-refractivity contribution in [3.63, 3.8) is 0 Å². The van der Waals surface area contributed by atoms with Gasteiger partial charge in [-0.25, -0.2) is 0 Å². The lowest BCUT2D eigenvalue weighted by molar-refractivity contribution is -0.117. The quantitative estimate of drug-likeness (QED) is 0.823. The smallest absolute Gasteiger partial charge is 0.228 e. The highest BCUT2D eigenvalue weighted by Gasteiger charge is 2.09. The molecule has 2 rings (SSSR count). The first-order chi connectivity index (χ1) is 11.1. The Bertz CT molecular complexity index is 681. The maximum absolute atomic E-state index is 12.2. The molecule has 0 bridgehead atoms. The third kappa shape index (κ3) is 5.14. The van der Waals surface area contributed by atoms with E-state index in [4.69, 9.17) is 10.5 Å². The van der Waals surface area contributed by atoms with Crippen molar-refractivity contribution >= 4 is 17.5 Å². The van der Waals surface area contributed by atoms with E-state index >= 15 is 0 Å². The fourth-order valence-electron chi connectivity index (χ4n) is 2.23. The van der Waals surface area contributed by atoms with Crippen LogP contribution in [0.2, 0.25) is 0 Å². The standard InChI is InChI=1S/C18H20N2O3/c1-2-23-15-9-7-13(8-10-15)11-18(22)20-16-6-4-3-5-14(16)12-17(19)21/h3-10H,2,11-12H2,1H3,(H2,19,21)(H,20,22). The number of benzene rings is 2. The van der Waals surface area contributed by atoms with E-state index in [2.05, 4.69) is 5.32 Å². The molecule has 3 N–H and O–H groups in total. The maximum Gasteiger partial charge on any atom is 0.228 e. The first kappa shape index (κ1) is 16.5. The van der Waals surface area contributed by atoms with Gasteiger partial charge in [-0.2, -0.15) is 0 Å². The van der Waals surface area contributed by atoms with Crippen molar-refractivity contribution in [3.05, 3.63) is 59.7 Å². The van der Waals surface area contributed by atoms with Crippen molar-refractivity contribution in [2.24, 2.45) is 5.73 Å². The molecule has 2 aromatic carbocycles. The number of nitrogens with one attached hydrogen (secondary N) is 1. The topological polar surface area (TPSA) is 81.4 Å². The molecule has 0 aliphatic carbocycles. The Morgan fingerprint density at radius 2 is 1.74 bits per heavy atom. The predicted octanol–water partition coefficient (Wildman–Crippen LogP) is 2.29. The van der Waals surface area contributed by atoms with E-state index in [0.29, 0.717) is 17.9 Å². The Hall–Kier alpha value is -2.82. The number of para-hydroxylation sites is 1. The number of nitrogens with two attached hydrogens (primary N) is 1. The van der Waals surface area contributed by atoms with Crippen molar-refractivity contribution < 1.29 is 14.3 Å². The number of hydrogen-bond acceptors (Lipinski definition) is 3. The van der Waals surface area contributed by atoms with Crippen LogP contribution in [0.1, 0.15) is 18.1 Å². The highest BCUT2D eigenvalue weighted by Crippen LogP contribution is 2.17. The van der Waals surface area contributed by atoms with Crippen LogP contribution in [0.3, 0.4) is 0 Å². The van der Waals surface area contributed by atoms with Crippen LogP contribution in [-0.2, 0) is 22.4 Å². The third-order valence-electron chi connectivity index (χ3n) is 3.26. The number of rotatable bonds is 7. The molecule has 5 nitrogen and oxygen atoms in total. The summed E-state index contributed by atoms with van der Waals surface area (Å²) in [6, 6.07) is 14.5. The molecule has 0 unspecified atom stereocenters. The molecule has 0 aromatic heterocycles. The fourth-order valence-corrected chi connectivity index (χ4v) is 2.23. The number of hydrogen-bond donors (Lipinski definition) is 2. The Morgan fingerprint density at radius 3 is 2.39 bits per heavy atom. The summed E-state index contributed by atoms with van der Waals surface area (Å²) < 4.78 is 5.37. The van der Waals surface area contributed by atoms with Gasteiger partial charge < -0.3 is 15.8 Å². The van der Waals surface area contributed by atoms with Crippen molar-refractivity contribution in [2.45, 2.75) is 19.8 Å². The molecule has 0 heterocycles. The van der Waals surface area contributed by atoms with Crippen LogP contribution < -0.4 is 15.8 Å². The van der Waals surface area contributed by atoms with E-state index in [9.17, 15) is 9.59 Å². The summed E-state index contributed by atoms with van der Waals surface area (Å²) in [6.07, 6.45) is 0.344. The molecule has 0 saturated carbocycles. The van der Waals surface area contributed by atoms with Crippen LogP contribution in [0.4, 0.5) is 5.69 Å². The third-order valence-corrected chi connectivity index (χ3v) is 3.26. The summed E-state index contributed by atoms with van der Waals surface area (Å²) in [7, 11) is 0. The molecule has 0 saturated heterocycles. The zero-order valence-corrected chi connectivity index (χ0v) is 13.0. The van der Waals surface area contributed by atoms with Crippen LogP contribution in [0.15, 0.2) is 48.5 Å². The lowest BCUT2D eigenvalue weighted by atomic mass is 10.1. The van der Waals surface area contributed by atoms with E-state index in [1.165, 1.54) is 0 Å². The number of carbonyl (C=O) groups is 2. The van der Waals surface area contributed by atoms with E-state index in [0.717, 1.165) is 11.3 Å². The Balaban J connectivity index is 2.00. The average molecular weight is 312 g/mol. The Kier molecular flexibility index (Phi) is 5.74. The summed E-state index contributed by atoms with van der Waals surface area (Å²) >= 11 is 0. The number of primary amides is 1. The number of amides is 2. The SMILES string of the molecule is CCOc1ccc(CC(=O)Nc2ccccc2CC(N)=O)cc1. The van der Waals surface area contributed by atoms with Gasteiger partial charge in [0.1, 0.15) is 5.75 Å². The molecule has 5 heteroatoms. The molecule has 0 spiro atoms. The molecule has 2 aromatic rings. The van der Waals surface area contributed by atoms with Crippen LogP contribution in [0.5, 0.6) is 5.75 Å². The van der Waals surface area contributed by atoms with Gasteiger partial charge in [-0.05, 0) is 36.2 Å². The van der Waals surface area contributed by atoms with Crippen LogP contribution in [0.25, 0.3) is 0 Å². The Labute approximate surface area is 135 Å². The van der Waals surface area contributed by atoms with Gasteiger partial charge in [0.15, 0.2) is 0 Å². The minimum Gasteiger partial charge on any atom is -0.494 e. The number of carbonyl (C=O) groups excluding carboxylic acids is 2. The summed E-state index contributed by atoms with van der Waals surface area (Å²) in [4.78, 5) is 23.3. The van der Waals surface area contributed by atoms with Crippen molar-refractivity contribution in [2.75, 3.05) is 11.9 Å². The fraction of sp³-hybridized carbons (Fsp3) is 0.222. The highest BCUT2D eigenvalue weighted by molar-refractivity contribution is 5.93. The van der Waals surface area contributed by atoms with Gasteiger partial charge in [0.25, 0.3) is 0 Å². The van der Waals surface area contributed by atoms with Crippen LogP contribution in [-0.4, -0.2) is 18.4 Å². The summed E-state index contributed by atoms with van der Waals surface area (Å²) in [5.74, 6) is 0.202. The average Bonchev–Trinajstić information content (AvgIpc) is 2.51. The molecule has 0 atom stereocenters. The molecular formula is C18H20N2O3. The minimum absolute atomic E-state index is 0.0967. The number of ether oxygens (including phenoxy) is 1. The zero-order chi connectivity index (χ0) is 16.7. The zero-order valence-electron chi connectivity index (χ0n) is 13.0. The second-order valence-electron chi connectivity index (χ2n) is 5.10. The minimum atomic E-state index is -0.432. The van der Waals surface area contributed by atoms with Gasteiger partial charge in [0, 0.05) is 5.69 Å². The molecule has 0 radical (unpaired) electrons. The van der Waals surface area contributed by atoms with Crippen molar-refractivity contribution in [1.29, 1.82) is 0 Å². The molecule has 0 fully saturated rings. The second kappa shape index (κ2) is 7.98. The van der Waals surface area contributed by atoms with Gasteiger partial charge in [-0.15, -0.1) is 0 Å². The van der Waals surface area contributed by atoms with Crippen LogP contribution >= 0.6 is 0 Å². The van der Waals surface area contributed by atoms with Gasteiger partial charge in [0.2, 0.25) is 11.8 Å². The van der Waals surface area contributed by atoms with Gasteiger partial charge >= 0.3 is 0 Å².